The number of carbonyl (C=O) groups is 1. The fraction of sp³-hybridized carbons (Fsp3) is 0.909. The lowest BCUT2D eigenvalue weighted by atomic mass is 10.2. The van der Waals surface area contributed by atoms with Crippen LogP contribution in [0.4, 0.5) is 0 Å². The quantitative estimate of drug-likeness (QED) is 0.660. The van der Waals surface area contributed by atoms with E-state index in [2.05, 4.69) is 18.7 Å². The highest BCUT2D eigenvalue weighted by Crippen LogP contribution is 2.02. The van der Waals surface area contributed by atoms with Gasteiger partial charge in [0.05, 0.1) is 0 Å². The number of likely N-dealkylation sites (N-methyl/N-ethyl adjacent to an activating group) is 2. The van der Waals surface area contributed by atoms with Gasteiger partial charge in [0.2, 0.25) is 0 Å². The second-order valence-corrected chi connectivity index (χ2v) is 3.77. The zero-order valence-electron chi connectivity index (χ0n) is 10.4. The first kappa shape index (κ1) is 14.4. The van der Waals surface area contributed by atoms with Gasteiger partial charge in [0.1, 0.15) is 6.04 Å². The summed E-state index contributed by atoms with van der Waals surface area (Å²) in [5.74, 6) is -0.723. The number of aliphatic carboxylic acids is 1. The summed E-state index contributed by atoms with van der Waals surface area (Å²) >= 11 is 0. The number of carboxylic acids is 1. The van der Waals surface area contributed by atoms with Crippen molar-refractivity contribution < 1.29 is 9.90 Å². The van der Waals surface area contributed by atoms with E-state index in [0.717, 1.165) is 26.2 Å². The Morgan fingerprint density at radius 3 is 2.07 bits per heavy atom. The molecular weight excluding hydrogens is 192 g/mol. The molecular formula is C11H24N2O2. The van der Waals surface area contributed by atoms with E-state index in [0.29, 0.717) is 6.42 Å². The molecule has 0 aromatic heterocycles. The van der Waals surface area contributed by atoms with Crippen molar-refractivity contribution in [3.63, 3.8) is 0 Å². The average molecular weight is 216 g/mol. The van der Waals surface area contributed by atoms with Crippen LogP contribution in [-0.2, 0) is 4.79 Å². The van der Waals surface area contributed by atoms with E-state index >= 15 is 0 Å². The number of hydrogen-bond acceptors (Lipinski definition) is 3. The summed E-state index contributed by atoms with van der Waals surface area (Å²) in [6.45, 7) is 9.95. The van der Waals surface area contributed by atoms with Crippen molar-refractivity contribution >= 4 is 5.97 Å². The van der Waals surface area contributed by atoms with Crippen LogP contribution in [0.15, 0.2) is 0 Å². The van der Waals surface area contributed by atoms with Crippen molar-refractivity contribution in [2.45, 2.75) is 33.2 Å². The van der Waals surface area contributed by atoms with Crippen molar-refractivity contribution in [1.82, 2.24) is 9.80 Å². The van der Waals surface area contributed by atoms with E-state index in [4.69, 9.17) is 5.11 Å². The van der Waals surface area contributed by atoms with Crippen molar-refractivity contribution in [2.75, 3.05) is 33.2 Å². The van der Waals surface area contributed by atoms with E-state index in [1.807, 2.05) is 18.9 Å². The van der Waals surface area contributed by atoms with Crippen molar-refractivity contribution in [2.24, 2.45) is 0 Å². The first-order valence-corrected chi connectivity index (χ1v) is 5.72. The minimum absolute atomic E-state index is 0.347. The average Bonchev–Trinajstić information content (AvgIpc) is 2.19. The Morgan fingerprint density at radius 1 is 1.20 bits per heavy atom. The van der Waals surface area contributed by atoms with Gasteiger partial charge in [-0.3, -0.25) is 9.69 Å². The summed E-state index contributed by atoms with van der Waals surface area (Å²) in [5, 5.41) is 8.97. The van der Waals surface area contributed by atoms with Crippen LogP contribution in [0.2, 0.25) is 0 Å². The predicted octanol–water partition coefficient (Wildman–Crippen LogP) is 1.12. The van der Waals surface area contributed by atoms with Crippen LogP contribution in [0.5, 0.6) is 0 Å². The van der Waals surface area contributed by atoms with Gasteiger partial charge in [-0.1, -0.05) is 20.8 Å². The Balaban J connectivity index is 3.99. The minimum Gasteiger partial charge on any atom is -0.480 e. The Kier molecular flexibility index (Phi) is 7.34. The zero-order valence-corrected chi connectivity index (χ0v) is 10.4. The Bertz CT molecular complexity index is 181. The molecule has 0 fully saturated rings. The highest BCUT2D eigenvalue weighted by molar-refractivity contribution is 5.73. The fourth-order valence-corrected chi connectivity index (χ4v) is 1.67. The molecule has 0 aliphatic heterocycles. The summed E-state index contributed by atoms with van der Waals surface area (Å²) in [6.07, 6.45) is 0.657. The van der Waals surface area contributed by atoms with Gasteiger partial charge in [-0.05, 0) is 26.6 Å². The maximum atomic E-state index is 10.9. The number of nitrogens with zero attached hydrogens (tertiary/aromatic N) is 2. The van der Waals surface area contributed by atoms with Crippen LogP contribution in [0.25, 0.3) is 0 Å². The topological polar surface area (TPSA) is 43.8 Å². The highest BCUT2D eigenvalue weighted by Gasteiger charge is 2.20. The van der Waals surface area contributed by atoms with Gasteiger partial charge in [0.25, 0.3) is 0 Å². The van der Waals surface area contributed by atoms with Gasteiger partial charge in [-0.2, -0.15) is 0 Å². The Labute approximate surface area is 92.9 Å². The number of carboxylic acid groups (broad SMARTS) is 1. The zero-order chi connectivity index (χ0) is 11.8. The summed E-state index contributed by atoms with van der Waals surface area (Å²) in [6, 6.07) is -0.347. The first-order chi connectivity index (χ1) is 7.06. The molecule has 0 rings (SSSR count). The molecule has 4 nitrogen and oxygen atoms in total. The van der Waals surface area contributed by atoms with Crippen LogP contribution < -0.4 is 0 Å². The third kappa shape index (κ3) is 5.14. The third-order valence-electron chi connectivity index (χ3n) is 2.87. The lowest BCUT2D eigenvalue weighted by Crippen LogP contribution is -2.42. The normalized spacial score (nSPS) is 13.5. The molecule has 1 atom stereocenters. The van der Waals surface area contributed by atoms with Crippen LogP contribution in [0, 0.1) is 0 Å². The van der Waals surface area contributed by atoms with E-state index in [1.165, 1.54) is 0 Å². The molecule has 1 N–H and O–H groups in total. The predicted molar refractivity (Wildman–Crippen MR) is 62.1 cm³/mol. The summed E-state index contributed by atoms with van der Waals surface area (Å²) in [7, 11) is 1.88. The van der Waals surface area contributed by atoms with Gasteiger partial charge in [-0.25, -0.2) is 0 Å². The van der Waals surface area contributed by atoms with Gasteiger partial charge in [-0.15, -0.1) is 0 Å². The number of hydrogen-bond donors (Lipinski definition) is 1. The fourth-order valence-electron chi connectivity index (χ4n) is 1.67. The Morgan fingerprint density at radius 2 is 1.73 bits per heavy atom. The minimum atomic E-state index is -0.723. The second-order valence-electron chi connectivity index (χ2n) is 3.77. The lowest BCUT2D eigenvalue weighted by Gasteiger charge is -2.26. The van der Waals surface area contributed by atoms with E-state index in [1.54, 1.807) is 0 Å². The van der Waals surface area contributed by atoms with Crippen LogP contribution in [0.3, 0.4) is 0 Å². The SMILES string of the molecule is CCC(C(=O)O)N(C)CCN(CC)CC. The van der Waals surface area contributed by atoms with E-state index < -0.39 is 5.97 Å². The molecule has 0 aliphatic rings. The molecule has 0 aliphatic carbocycles. The van der Waals surface area contributed by atoms with Gasteiger partial charge in [0.15, 0.2) is 0 Å². The monoisotopic (exact) mass is 216 g/mol. The molecule has 0 saturated heterocycles. The third-order valence-corrected chi connectivity index (χ3v) is 2.87. The van der Waals surface area contributed by atoms with Crippen molar-refractivity contribution in [3.05, 3.63) is 0 Å². The van der Waals surface area contributed by atoms with Crippen LogP contribution in [-0.4, -0.2) is 60.1 Å². The molecule has 4 heteroatoms. The smallest absolute Gasteiger partial charge is 0.320 e. The molecule has 0 aromatic carbocycles. The Hall–Kier alpha value is -0.610. The molecule has 0 radical (unpaired) electrons. The largest absolute Gasteiger partial charge is 0.480 e. The van der Waals surface area contributed by atoms with Gasteiger partial charge < -0.3 is 10.0 Å². The lowest BCUT2D eigenvalue weighted by molar-refractivity contribution is -0.142. The molecule has 1 unspecified atom stereocenters. The van der Waals surface area contributed by atoms with Crippen molar-refractivity contribution in [3.8, 4) is 0 Å². The van der Waals surface area contributed by atoms with Crippen molar-refractivity contribution in [1.29, 1.82) is 0 Å². The molecule has 15 heavy (non-hydrogen) atoms. The molecule has 0 bridgehead atoms. The summed E-state index contributed by atoms with van der Waals surface area (Å²) in [5.41, 5.74) is 0. The summed E-state index contributed by atoms with van der Waals surface area (Å²) < 4.78 is 0. The molecule has 90 valence electrons. The first-order valence-electron chi connectivity index (χ1n) is 5.72. The van der Waals surface area contributed by atoms with Gasteiger partial charge in [0, 0.05) is 13.1 Å². The molecule has 0 amide bonds. The standard InChI is InChI=1S/C11H24N2O2/c1-5-10(11(14)15)12(4)8-9-13(6-2)7-3/h10H,5-9H2,1-4H3,(H,14,15). The maximum Gasteiger partial charge on any atom is 0.320 e. The molecule has 0 aromatic rings. The summed E-state index contributed by atoms with van der Waals surface area (Å²) in [4.78, 5) is 15.1. The second kappa shape index (κ2) is 7.65. The maximum absolute atomic E-state index is 10.9. The highest BCUT2D eigenvalue weighted by atomic mass is 16.4. The van der Waals surface area contributed by atoms with Crippen LogP contribution in [0.1, 0.15) is 27.2 Å². The molecule has 0 saturated carbocycles. The van der Waals surface area contributed by atoms with Gasteiger partial charge >= 0.3 is 5.97 Å². The molecule has 0 heterocycles. The number of rotatable bonds is 8. The molecule has 0 spiro atoms. The van der Waals surface area contributed by atoms with E-state index in [-0.39, 0.29) is 6.04 Å². The van der Waals surface area contributed by atoms with E-state index in [9.17, 15) is 4.79 Å². The van der Waals surface area contributed by atoms with Crippen LogP contribution >= 0.6 is 0 Å².